The Balaban J connectivity index is 1.89. The Labute approximate surface area is 155 Å². The van der Waals surface area contributed by atoms with Crippen LogP contribution in [-0.4, -0.2) is 28.5 Å². The Hall–Kier alpha value is -3.42. The number of nitrogens with one attached hydrogen (secondary N) is 1. The number of ether oxygens (including phenoxy) is 1. The summed E-state index contributed by atoms with van der Waals surface area (Å²) in [6, 6.07) is 11.4. The van der Waals surface area contributed by atoms with E-state index in [0.717, 1.165) is 5.56 Å². The highest BCUT2D eigenvalue weighted by Gasteiger charge is 2.17. The maximum absolute atomic E-state index is 12.3. The van der Waals surface area contributed by atoms with Gasteiger partial charge in [0.2, 0.25) is 0 Å². The predicted molar refractivity (Wildman–Crippen MR) is 97.8 cm³/mol. The number of nitro benzene ring substituents is 1. The smallest absolute Gasteiger partial charge is 0.303 e. The number of carbonyl (C=O) groups is 2. The molecule has 27 heavy (non-hydrogen) atoms. The molecule has 0 bridgehead atoms. The van der Waals surface area contributed by atoms with E-state index < -0.39 is 10.9 Å². The lowest BCUT2D eigenvalue weighted by atomic mass is 10.1. The van der Waals surface area contributed by atoms with Crippen molar-refractivity contribution in [2.45, 2.75) is 26.3 Å². The van der Waals surface area contributed by atoms with Crippen molar-refractivity contribution < 1.29 is 24.4 Å². The summed E-state index contributed by atoms with van der Waals surface area (Å²) in [4.78, 5) is 33.2. The van der Waals surface area contributed by atoms with Crippen molar-refractivity contribution in [3.63, 3.8) is 0 Å². The summed E-state index contributed by atoms with van der Waals surface area (Å²) in [5.74, 6) is -0.626. The number of rotatable bonds is 9. The molecule has 0 aliphatic carbocycles. The number of amides is 1. The molecule has 2 aromatic carbocycles. The average molecular weight is 372 g/mol. The van der Waals surface area contributed by atoms with Gasteiger partial charge in [0.25, 0.3) is 11.6 Å². The summed E-state index contributed by atoms with van der Waals surface area (Å²) in [7, 11) is 0. The van der Waals surface area contributed by atoms with Gasteiger partial charge in [0.05, 0.1) is 11.5 Å². The fourth-order valence-corrected chi connectivity index (χ4v) is 2.46. The van der Waals surface area contributed by atoms with Gasteiger partial charge in [-0.1, -0.05) is 18.2 Å². The van der Waals surface area contributed by atoms with Crippen molar-refractivity contribution in [2.24, 2.45) is 0 Å². The number of nitrogens with zero attached hydrogens (tertiary/aromatic N) is 1. The molecule has 0 fully saturated rings. The van der Waals surface area contributed by atoms with E-state index in [4.69, 9.17) is 9.84 Å². The topological polar surface area (TPSA) is 119 Å². The standard InChI is InChI=1S/C19H20N2O6/c1-13-16(4-2-5-17(13)21(25)26)19(24)20-12-14-7-9-15(10-8-14)27-11-3-6-18(22)23/h2,4-5,7-10H,3,6,11-12H2,1H3,(H,20,24)(H,22,23). The molecule has 0 aliphatic rings. The van der Waals surface area contributed by atoms with Crippen LogP contribution in [0.25, 0.3) is 0 Å². The molecule has 0 saturated heterocycles. The SMILES string of the molecule is Cc1c(C(=O)NCc2ccc(OCCCC(=O)O)cc2)cccc1[N+](=O)[O-]. The van der Waals surface area contributed by atoms with E-state index in [0.29, 0.717) is 24.3 Å². The van der Waals surface area contributed by atoms with Crippen LogP contribution in [0.5, 0.6) is 5.75 Å². The minimum Gasteiger partial charge on any atom is -0.494 e. The van der Waals surface area contributed by atoms with E-state index in [2.05, 4.69) is 5.32 Å². The third-order valence-corrected chi connectivity index (χ3v) is 3.93. The van der Waals surface area contributed by atoms with Crippen LogP contribution in [0.4, 0.5) is 5.69 Å². The number of hydrogen-bond acceptors (Lipinski definition) is 5. The lowest BCUT2D eigenvalue weighted by Crippen LogP contribution is -2.23. The van der Waals surface area contributed by atoms with Gasteiger partial charge in [-0.3, -0.25) is 19.7 Å². The first-order valence-corrected chi connectivity index (χ1v) is 8.34. The van der Waals surface area contributed by atoms with Crippen LogP contribution in [0.15, 0.2) is 42.5 Å². The molecule has 2 N–H and O–H groups in total. The lowest BCUT2D eigenvalue weighted by molar-refractivity contribution is -0.385. The number of carbonyl (C=O) groups excluding carboxylic acids is 1. The van der Waals surface area contributed by atoms with Gasteiger partial charge in [0, 0.05) is 30.2 Å². The predicted octanol–water partition coefficient (Wildman–Crippen LogP) is 3.08. The first kappa shape index (κ1) is 19.9. The molecular weight excluding hydrogens is 352 g/mol. The van der Waals surface area contributed by atoms with Crippen molar-refractivity contribution in [1.82, 2.24) is 5.32 Å². The van der Waals surface area contributed by atoms with Crippen molar-refractivity contribution in [3.05, 3.63) is 69.3 Å². The van der Waals surface area contributed by atoms with E-state index in [-0.39, 0.29) is 30.1 Å². The van der Waals surface area contributed by atoms with Gasteiger partial charge in [-0.25, -0.2) is 0 Å². The van der Waals surface area contributed by atoms with E-state index >= 15 is 0 Å². The van der Waals surface area contributed by atoms with Crippen LogP contribution in [0, 0.1) is 17.0 Å². The molecule has 0 saturated carbocycles. The molecule has 0 spiro atoms. The van der Waals surface area contributed by atoms with Gasteiger partial charge in [-0.15, -0.1) is 0 Å². The summed E-state index contributed by atoms with van der Waals surface area (Å²) in [5, 5.41) is 22.3. The lowest BCUT2D eigenvalue weighted by Gasteiger charge is -2.09. The molecule has 0 radical (unpaired) electrons. The number of benzene rings is 2. The third-order valence-electron chi connectivity index (χ3n) is 3.93. The largest absolute Gasteiger partial charge is 0.494 e. The zero-order chi connectivity index (χ0) is 19.8. The first-order valence-electron chi connectivity index (χ1n) is 8.34. The zero-order valence-electron chi connectivity index (χ0n) is 14.8. The fourth-order valence-electron chi connectivity index (χ4n) is 2.46. The Morgan fingerprint density at radius 1 is 1.19 bits per heavy atom. The van der Waals surface area contributed by atoms with Crippen LogP contribution in [0.2, 0.25) is 0 Å². The van der Waals surface area contributed by atoms with E-state index in [1.54, 1.807) is 37.3 Å². The number of aliphatic carboxylic acids is 1. The third kappa shape index (κ3) is 5.81. The summed E-state index contributed by atoms with van der Waals surface area (Å²) >= 11 is 0. The maximum atomic E-state index is 12.3. The van der Waals surface area contributed by atoms with Gasteiger partial charge in [0.15, 0.2) is 0 Å². The summed E-state index contributed by atoms with van der Waals surface area (Å²) in [6.45, 7) is 2.12. The highest BCUT2D eigenvalue weighted by Crippen LogP contribution is 2.21. The number of nitro groups is 1. The van der Waals surface area contributed by atoms with E-state index in [1.165, 1.54) is 12.1 Å². The summed E-state index contributed by atoms with van der Waals surface area (Å²) in [5.41, 5.74) is 1.34. The van der Waals surface area contributed by atoms with Crippen LogP contribution in [-0.2, 0) is 11.3 Å². The molecule has 8 nitrogen and oxygen atoms in total. The molecule has 2 aromatic rings. The number of carboxylic acids is 1. The Morgan fingerprint density at radius 2 is 1.89 bits per heavy atom. The number of hydrogen-bond donors (Lipinski definition) is 2. The molecule has 8 heteroatoms. The molecule has 2 rings (SSSR count). The number of carboxylic acid groups (broad SMARTS) is 1. The monoisotopic (exact) mass is 372 g/mol. The molecule has 0 unspecified atom stereocenters. The van der Waals surface area contributed by atoms with Crippen LogP contribution in [0.1, 0.15) is 34.3 Å². The summed E-state index contributed by atoms with van der Waals surface area (Å²) < 4.78 is 5.44. The Kier molecular flexibility index (Phi) is 6.87. The maximum Gasteiger partial charge on any atom is 0.303 e. The van der Waals surface area contributed by atoms with Crippen molar-refractivity contribution >= 4 is 17.6 Å². The Morgan fingerprint density at radius 3 is 2.52 bits per heavy atom. The van der Waals surface area contributed by atoms with Crippen molar-refractivity contribution in [3.8, 4) is 5.75 Å². The van der Waals surface area contributed by atoms with Gasteiger partial charge >= 0.3 is 5.97 Å². The van der Waals surface area contributed by atoms with E-state index in [9.17, 15) is 19.7 Å². The van der Waals surface area contributed by atoms with E-state index in [1.807, 2.05) is 0 Å². The molecule has 0 aliphatic heterocycles. The van der Waals surface area contributed by atoms with Crippen LogP contribution in [0.3, 0.4) is 0 Å². The molecule has 0 heterocycles. The van der Waals surface area contributed by atoms with Crippen molar-refractivity contribution in [1.29, 1.82) is 0 Å². The van der Waals surface area contributed by atoms with Crippen LogP contribution < -0.4 is 10.1 Å². The Bertz CT molecular complexity index is 833. The first-order chi connectivity index (χ1) is 12.9. The minimum absolute atomic E-state index is 0.0567. The molecule has 0 aromatic heterocycles. The van der Waals surface area contributed by atoms with Crippen molar-refractivity contribution in [2.75, 3.05) is 6.61 Å². The van der Waals surface area contributed by atoms with Gasteiger partial charge in [-0.2, -0.15) is 0 Å². The summed E-state index contributed by atoms with van der Waals surface area (Å²) in [6.07, 6.45) is 0.483. The fraction of sp³-hybridized carbons (Fsp3) is 0.263. The molecule has 142 valence electrons. The second kappa shape index (κ2) is 9.33. The molecular formula is C19H20N2O6. The second-order valence-corrected chi connectivity index (χ2v) is 5.88. The van der Waals surface area contributed by atoms with Gasteiger partial charge in [0.1, 0.15) is 5.75 Å². The molecule has 1 amide bonds. The normalized spacial score (nSPS) is 10.3. The highest BCUT2D eigenvalue weighted by atomic mass is 16.6. The van der Waals surface area contributed by atoms with Gasteiger partial charge in [-0.05, 0) is 37.1 Å². The quantitative estimate of drug-likeness (QED) is 0.397. The minimum atomic E-state index is -0.858. The average Bonchev–Trinajstić information content (AvgIpc) is 2.64. The van der Waals surface area contributed by atoms with Gasteiger partial charge < -0.3 is 15.2 Å². The molecule has 0 atom stereocenters. The second-order valence-electron chi connectivity index (χ2n) is 5.88. The van der Waals surface area contributed by atoms with Crippen LogP contribution >= 0.6 is 0 Å². The highest BCUT2D eigenvalue weighted by molar-refractivity contribution is 5.96. The zero-order valence-corrected chi connectivity index (χ0v) is 14.8.